The van der Waals surface area contributed by atoms with Crippen molar-refractivity contribution in [1.29, 1.82) is 0 Å². The first-order valence-corrected chi connectivity index (χ1v) is 12.4. The first kappa shape index (κ1) is 23.9. The van der Waals surface area contributed by atoms with E-state index in [2.05, 4.69) is 10.0 Å². The lowest BCUT2D eigenvalue weighted by molar-refractivity contribution is -0.128. The third-order valence-electron chi connectivity index (χ3n) is 5.57. The highest BCUT2D eigenvalue weighted by Gasteiger charge is 2.31. The number of amides is 2. The summed E-state index contributed by atoms with van der Waals surface area (Å²) in [4.78, 5) is 38.8. The fourth-order valence-electron chi connectivity index (χ4n) is 3.81. The van der Waals surface area contributed by atoms with Crippen LogP contribution in [-0.4, -0.2) is 58.1 Å². The topological polar surface area (TPSA) is 131 Å². The van der Waals surface area contributed by atoms with E-state index in [1.807, 2.05) is 0 Å². The molecule has 1 saturated heterocycles. The molecule has 1 fully saturated rings. The maximum absolute atomic E-state index is 13.0. The van der Waals surface area contributed by atoms with Gasteiger partial charge in [-0.25, -0.2) is 17.9 Å². The van der Waals surface area contributed by atoms with Crippen LogP contribution in [0.2, 0.25) is 0 Å². The standard InChI is InChI=1S/C23H25N3O7S/c1-15(22(28)26-14-21(27)25-19-9-2-3-10-20(19)26)33-23(29)16-6-4-8-18(12-16)34(30,31)24-13-17-7-5-11-32-17/h2-4,6,8-10,12,15,17,24H,5,7,11,13-14H2,1H3,(H,25,27). The highest BCUT2D eigenvalue weighted by atomic mass is 32.2. The van der Waals surface area contributed by atoms with E-state index in [0.29, 0.717) is 18.0 Å². The van der Waals surface area contributed by atoms with Crippen molar-refractivity contribution in [2.45, 2.75) is 36.9 Å². The summed E-state index contributed by atoms with van der Waals surface area (Å²) in [5.74, 6) is -1.79. The molecular weight excluding hydrogens is 462 g/mol. The van der Waals surface area contributed by atoms with Gasteiger partial charge in [0, 0.05) is 13.2 Å². The normalized spacial score (nSPS) is 18.7. The number of fused-ring (bicyclic) bond motifs is 1. The highest BCUT2D eigenvalue weighted by Crippen LogP contribution is 2.29. The SMILES string of the molecule is CC(OC(=O)c1cccc(S(=O)(=O)NCC2CCCO2)c1)C(=O)N1CC(=O)Nc2ccccc21. The van der Waals surface area contributed by atoms with E-state index in [9.17, 15) is 22.8 Å². The molecule has 2 aromatic carbocycles. The molecule has 2 heterocycles. The molecule has 0 saturated carbocycles. The number of sulfonamides is 1. The number of carbonyl (C=O) groups excluding carboxylic acids is 3. The largest absolute Gasteiger partial charge is 0.449 e. The fraction of sp³-hybridized carbons (Fsp3) is 0.348. The van der Waals surface area contributed by atoms with E-state index >= 15 is 0 Å². The Morgan fingerprint density at radius 2 is 2.03 bits per heavy atom. The predicted octanol–water partition coefficient (Wildman–Crippen LogP) is 1.67. The van der Waals surface area contributed by atoms with Crippen LogP contribution in [0.25, 0.3) is 0 Å². The molecule has 2 aliphatic heterocycles. The van der Waals surface area contributed by atoms with Gasteiger partial charge in [0.1, 0.15) is 6.54 Å². The quantitative estimate of drug-likeness (QED) is 0.568. The molecule has 10 nitrogen and oxygen atoms in total. The number of hydrogen-bond donors (Lipinski definition) is 2. The Kier molecular flexibility index (Phi) is 6.96. The van der Waals surface area contributed by atoms with Gasteiger partial charge in [-0.15, -0.1) is 0 Å². The zero-order valence-corrected chi connectivity index (χ0v) is 19.3. The molecule has 0 radical (unpaired) electrons. The molecule has 2 amide bonds. The summed E-state index contributed by atoms with van der Waals surface area (Å²) in [5, 5.41) is 2.69. The Balaban J connectivity index is 1.43. The lowest BCUT2D eigenvalue weighted by Gasteiger charge is -2.30. The first-order valence-electron chi connectivity index (χ1n) is 10.9. The summed E-state index contributed by atoms with van der Waals surface area (Å²) in [7, 11) is -3.86. The maximum Gasteiger partial charge on any atom is 0.338 e. The van der Waals surface area contributed by atoms with Crippen LogP contribution < -0.4 is 14.9 Å². The van der Waals surface area contributed by atoms with Crippen LogP contribution in [0.1, 0.15) is 30.1 Å². The van der Waals surface area contributed by atoms with Gasteiger partial charge in [-0.3, -0.25) is 14.5 Å². The lowest BCUT2D eigenvalue weighted by atomic mass is 10.1. The Bertz CT molecular complexity index is 1210. The molecule has 0 spiro atoms. The molecular formula is C23H25N3O7S. The Morgan fingerprint density at radius 3 is 2.79 bits per heavy atom. The minimum atomic E-state index is -3.86. The molecule has 180 valence electrons. The van der Waals surface area contributed by atoms with Gasteiger partial charge in [0.25, 0.3) is 5.91 Å². The fourth-order valence-corrected chi connectivity index (χ4v) is 4.92. The number of rotatable bonds is 7. The Morgan fingerprint density at radius 1 is 1.24 bits per heavy atom. The molecule has 2 aliphatic rings. The smallest absolute Gasteiger partial charge is 0.338 e. The van der Waals surface area contributed by atoms with Crippen LogP contribution in [0.15, 0.2) is 53.4 Å². The van der Waals surface area contributed by atoms with E-state index in [-0.39, 0.29) is 35.6 Å². The molecule has 2 aromatic rings. The second-order valence-corrected chi connectivity index (χ2v) is 9.82. The van der Waals surface area contributed by atoms with Gasteiger partial charge < -0.3 is 14.8 Å². The second-order valence-electron chi connectivity index (χ2n) is 8.05. The lowest BCUT2D eigenvalue weighted by Crippen LogP contribution is -2.47. The summed E-state index contributed by atoms with van der Waals surface area (Å²) in [6, 6.07) is 12.2. The summed E-state index contributed by atoms with van der Waals surface area (Å²) in [5.41, 5.74) is 0.968. The number of hydrogen-bond acceptors (Lipinski definition) is 7. The van der Waals surface area contributed by atoms with Crippen LogP contribution in [0, 0.1) is 0 Å². The van der Waals surface area contributed by atoms with Gasteiger partial charge in [-0.05, 0) is 50.1 Å². The number of anilines is 2. The monoisotopic (exact) mass is 487 g/mol. The number of benzene rings is 2. The number of nitrogens with zero attached hydrogens (tertiary/aromatic N) is 1. The summed E-state index contributed by atoms with van der Waals surface area (Å²) < 4.78 is 38.5. The van der Waals surface area contributed by atoms with Gasteiger partial charge >= 0.3 is 5.97 Å². The van der Waals surface area contributed by atoms with E-state index in [1.54, 1.807) is 24.3 Å². The maximum atomic E-state index is 13.0. The zero-order valence-electron chi connectivity index (χ0n) is 18.5. The number of para-hydroxylation sites is 2. The van der Waals surface area contributed by atoms with Crippen molar-refractivity contribution in [2.75, 3.05) is 29.9 Å². The molecule has 2 unspecified atom stereocenters. The van der Waals surface area contributed by atoms with Gasteiger partial charge in [0.15, 0.2) is 6.10 Å². The van der Waals surface area contributed by atoms with Crippen LogP contribution in [0.4, 0.5) is 11.4 Å². The molecule has 0 aromatic heterocycles. The van der Waals surface area contributed by atoms with Crippen LogP contribution >= 0.6 is 0 Å². The molecule has 2 N–H and O–H groups in total. The summed E-state index contributed by atoms with van der Waals surface area (Å²) in [6.45, 7) is 1.95. The van der Waals surface area contributed by atoms with Gasteiger partial charge in [-0.1, -0.05) is 18.2 Å². The number of esters is 1. The molecule has 11 heteroatoms. The number of nitrogens with one attached hydrogen (secondary N) is 2. The average molecular weight is 488 g/mol. The molecule has 2 atom stereocenters. The molecule has 0 bridgehead atoms. The predicted molar refractivity (Wildman–Crippen MR) is 123 cm³/mol. The minimum Gasteiger partial charge on any atom is -0.449 e. The first-order chi connectivity index (χ1) is 16.2. The van der Waals surface area contributed by atoms with E-state index in [0.717, 1.165) is 12.8 Å². The van der Waals surface area contributed by atoms with Gasteiger partial charge in [0.2, 0.25) is 15.9 Å². The van der Waals surface area contributed by atoms with Crippen molar-refractivity contribution in [3.63, 3.8) is 0 Å². The minimum absolute atomic E-state index is 0.0172. The van der Waals surface area contributed by atoms with E-state index in [1.165, 1.54) is 36.1 Å². The Hall–Kier alpha value is -3.28. The van der Waals surface area contributed by atoms with Crippen molar-refractivity contribution in [2.24, 2.45) is 0 Å². The summed E-state index contributed by atoms with van der Waals surface area (Å²) >= 11 is 0. The molecule has 0 aliphatic carbocycles. The second kappa shape index (κ2) is 9.92. The number of carbonyl (C=O) groups is 3. The Labute approximate surface area is 197 Å². The molecule has 34 heavy (non-hydrogen) atoms. The van der Waals surface area contributed by atoms with Crippen LogP contribution in [0.3, 0.4) is 0 Å². The van der Waals surface area contributed by atoms with Crippen molar-refractivity contribution >= 4 is 39.2 Å². The third-order valence-corrected chi connectivity index (χ3v) is 6.99. The highest BCUT2D eigenvalue weighted by molar-refractivity contribution is 7.89. The van der Waals surface area contributed by atoms with E-state index in [4.69, 9.17) is 9.47 Å². The summed E-state index contributed by atoms with van der Waals surface area (Å²) in [6.07, 6.45) is 0.295. The average Bonchev–Trinajstić information content (AvgIpc) is 3.35. The van der Waals surface area contributed by atoms with E-state index < -0.39 is 28.0 Å². The van der Waals surface area contributed by atoms with Gasteiger partial charge in [0.05, 0.1) is 27.9 Å². The van der Waals surface area contributed by atoms with Crippen molar-refractivity contribution in [3.8, 4) is 0 Å². The number of ether oxygens (including phenoxy) is 2. The third kappa shape index (κ3) is 5.27. The zero-order chi connectivity index (χ0) is 24.3. The van der Waals surface area contributed by atoms with Crippen LogP contribution in [-0.2, 0) is 29.1 Å². The molecule has 4 rings (SSSR count). The van der Waals surface area contributed by atoms with Crippen molar-refractivity contribution in [1.82, 2.24) is 4.72 Å². The van der Waals surface area contributed by atoms with Crippen molar-refractivity contribution < 1.29 is 32.3 Å². The van der Waals surface area contributed by atoms with Crippen molar-refractivity contribution in [3.05, 3.63) is 54.1 Å². The van der Waals surface area contributed by atoms with Crippen LogP contribution in [0.5, 0.6) is 0 Å². The van der Waals surface area contributed by atoms with Gasteiger partial charge in [-0.2, -0.15) is 0 Å².